The summed E-state index contributed by atoms with van der Waals surface area (Å²) in [6.45, 7) is 8.19. The van der Waals surface area contributed by atoms with Crippen LogP contribution in [0.15, 0.2) is 4.52 Å². The lowest BCUT2D eigenvalue weighted by molar-refractivity contribution is -0.119. The van der Waals surface area contributed by atoms with Crippen molar-refractivity contribution in [3.05, 3.63) is 17.0 Å². The molecule has 20 heavy (non-hydrogen) atoms. The summed E-state index contributed by atoms with van der Waals surface area (Å²) in [5.74, 6) is 2.27. The van der Waals surface area contributed by atoms with Gasteiger partial charge in [-0.25, -0.2) is 0 Å². The molecule has 1 aromatic rings. The van der Waals surface area contributed by atoms with Gasteiger partial charge in [0.2, 0.25) is 5.91 Å². The van der Waals surface area contributed by atoms with Crippen LogP contribution in [0.25, 0.3) is 0 Å². The maximum absolute atomic E-state index is 11.6. The van der Waals surface area contributed by atoms with E-state index >= 15 is 0 Å². The van der Waals surface area contributed by atoms with Gasteiger partial charge in [-0.3, -0.25) is 4.79 Å². The van der Waals surface area contributed by atoms with Crippen LogP contribution in [0.1, 0.15) is 37.3 Å². The lowest BCUT2D eigenvalue weighted by Gasteiger charge is -2.13. The Balaban J connectivity index is 2.21. The van der Waals surface area contributed by atoms with Crippen LogP contribution in [0.3, 0.4) is 0 Å². The lowest BCUT2D eigenvalue weighted by atomic mass is 10.1. The summed E-state index contributed by atoms with van der Waals surface area (Å²) in [5, 5.41) is 16.3. The Hall–Kier alpha value is -1.01. The Morgan fingerprint density at radius 1 is 1.45 bits per heavy atom. The van der Waals surface area contributed by atoms with Crippen LogP contribution in [0.2, 0.25) is 0 Å². The van der Waals surface area contributed by atoms with Gasteiger partial charge in [0.15, 0.2) is 0 Å². The van der Waals surface area contributed by atoms with Crippen LogP contribution in [-0.2, 0) is 10.5 Å². The molecule has 0 saturated carbocycles. The number of rotatable bonds is 8. The molecule has 114 valence electrons. The standard InChI is InChI=1S/C14H24N2O3S/c1-9(2)5-12(17)6-15-14(18)8-20-7-13-10(3)16-19-11(13)4/h9,12,17H,5-8H2,1-4H3,(H,15,18). The largest absolute Gasteiger partial charge is 0.391 e. The number of aliphatic hydroxyl groups is 1. The average molecular weight is 300 g/mol. The third-order valence-corrected chi connectivity index (χ3v) is 3.90. The van der Waals surface area contributed by atoms with E-state index in [1.54, 1.807) is 0 Å². The van der Waals surface area contributed by atoms with Crippen molar-refractivity contribution in [1.29, 1.82) is 0 Å². The molecule has 0 bridgehead atoms. The molecule has 0 spiro atoms. The summed E-state index contributed by atoms with van der Waals surface area (Å²) in [6.07, 6.45) is 0.235. The Morgan fingerprint density at radius 2 is 2.15 bits per heavy atom. The Labute approximate surface area is 124 Å². The third-order valence-electron chi connectivity index (χ3n) is 2.94. The van der Waals surface area contributed by atoms with Gasteiger partial charge in [0, 0.05) is 17.9 Å². The van der Waals surface area contributed by atoms with E-state index in [4.69, 9.17) is 4.52 Å². The second-order valence-electron chi connectivity index (χ2n) is 5.38. The van der Waals surface area contributed by atoms with Gasteiger partial charge in [0.1, 0.15) is 5.76 Å². The van der Waals surface area contributed by atoms with Gasteiger partial charge >= 0.3 is 0 Å². The lowest BCUT2D eigenvalue weighted by Crippen LogP contribution is -2.33. The molecule has 0 aliphatic carbocycles. The van der Waals surface area contributed by atoms with Crippen LogP contribution in [0, 0.1) is 19.8 Å². The summed E-state index contributed by atoms with van der Waals surface area (Å²) in [4.78, 5) is 11.6. The number of carbonyl (C=O) groups excluding carboxylic acids is 1. The van der Waals surface area contributed by atoms with Crippen molar-refractivity contribution in [2.75, 3.05) is 12.3 Å². The van der Waals surface area contributed by atoms with E-state index in [1.165, 1.54) is 11.8 Å². The molecule has 0 aliphatic rings. The fraction of sp³-hybridized carbons (Fsp3) is 0.714. The van der Waals surface area contributed by atoms with Crippen LogP contribution in [-0.4, -0.2) is 34.6 Å². The number of aryl methyl sites for hydroxylation is 2. The molecule has 0 radical (unpaired) electrons. The molecule has 0 fully saturated rings. The minimum Gasteiger partial charge on any atom is -0.391 e. The molecule has 1 unspecified atom stereocenters. The number of amides is 1. The van der Waals surface area contributed by atoms with Crippen LogP contribution < -0.4 is 5.32 Å². The Kier molecular flexibility index (Phi) is 7.09. The number of nitrogens with zero attached hydrogens (tertiary/aromatic N) is 1. The summed E-state index contributed by atoms with van der Waals surface area (Å²) >= 11 is 1.52. The number of hydrogen-bond donors (Lipinski definition) is 2. The minimum absolute atomic E-state index is 0.0513. The average Bonchev–Trinajstić information content (AvgIpc) is 2.67. The molecule has 0 saturated heterocycles. The van der Waals surface area contributed by atoms with E-state index < -0.39 is 6.10 Å². The van der Waals surface area contributed by atoms with Crippen LogP contribution >= 0.6 is 11.8 Å². The zero-order valence-corrected chi connectivity index (χ0v) is 13.4. The number of thioether (sulfide) groups is 1. The Morgan fingerprint density at radius 3 is 2.70 bits per heavy atom. The monoisotopic (exact) mass is 300 g/mol. The van der Waals surface area contributed by atoms with Crippen LogP contribution in [0.5, 0.6) is 0 Å². The molecule has 0 aromatic carbocycles. The normalized spacial score (nSPS) is 12.7. The maximum atomic E-state index is 11.6. The van der Waals surface area contributed by atoms with Crippen LogP contribution in [0.4, 0.5) is 0 Å². The maximum Gasteiger partial charge on any atom is 0.230 e. The van der Waals surface area contributed by atoms with Gasteiger partial charge in [-0.2, -0.15) is 0 Å². The SMILES string of the molecule is Cc1noc(C)c1CSCC(=O)NCC(O)CC(C)C. The van der Waals surface area contributed by atoms with Gasteiger partial charge in [0.25, 0.3) is 0 Å². The molecule has 1 rings (SSSR count). The molecular weight excluding hydrogens is 276 g/mol. The molecule has 1 atom stereocenters. The van der Waals surface area contributed by atoms with Gasteiger partial charge < -0.3 is 14.9 Å². The third kappa shape index (κ3) is 5.96. The molecule has 1 aromatic heterocycles. The van der Waals surface area contributed by atoms with Crippen molar-refractivity contribution in [2.24, 2.45) is 5.92 Å². The fourth-order valence-corrected chi connectivity index (χ4v) is 2.87. The molecule has 1 heterocycles. The van der Waals surface area contributed by atoms with E-state index in [1.807, 2.05) is 27.7 Å². The number of aliphatic hydroxyl groups excluding tert-OH is 1. The predicted octanol–water partition coefficient (Wildman–Crippen LogP) is 2.05. The highest BCUT2D eigenvalue weighted by Gasteiger charge is 2.11. The first-order valence-corrected chi connectivity index (χ1v) is 7.99. The number of hydrogen-bond acceptors (Lipinski definition) is 5. The molecule has 5 nitrogen and oxygen atoms in total. The number of aromatic nitrogens is 1. The van der Waals surface area contributed by atoms with Crippen molar-refractivity contribution in [1.82, 2.24) is 10.5 Å². The van der Waals surface area contributed by atoms with E-state index in [9.17, 15) is 9.90 Å². The molecule has 1 amide bonds. The van der Waals surface area contributed by atoms with E-state index in [0.717, 1.165) is 17.0 Å². The smallest absolute Gasteiger partial charge is 0.230 e. The molecular formula is C14H24N2O3S. The van der Waals surface area contributed by atoms with Crippen molar-refractivity contribution in [2.45, 2.75) is 46.0 Å². The molecule has 6 heteroatoms. The minimum atomic E-state index is -0.466. The molecule has 2 N–H and O–H groups in total. The molecule has 0 aliphatic heterocycles. The first-order valence-electron chi connectivity index (χ1n) is 6.84. The number of nitrogens with one attached hydrogen (secondary N) is 1. The van der Waals surface area contributed by atoms with Crippen molar-refractivity contribution < 1.29 is 14.4 Å². The summed E-state index contributed by atoms with van der Waals surface area (Å²) < 4.78 is 5.07. The van der Waals surface area contributed by atoms with Gasteiger partial charge in [-0.15, -0.1) is 11.8 Å². The zero-order chi connectivity index (χ0) is 15.1. The van der Waals surface area contributed by atoms with Gasteiger partial charge in [-0.05, 0) is 26.2 Å². The summed E-state index contributed by atoms with van der Waals surface area (Å²) in [7, 11) is 0. The fourth-order valence-electron chi connectivity index (χ4n) is 1.86. The topological polar surface area (TPSA) is 75.4 Å². The van der Waals surface area contributed by atoms with Crippen molar-refractivity contribution >= 4 is 17.7 Å². The van der Waals surface area contributed by atoms with Gasteiger partial charge in [-0.1, -0.05) is 19.0 Å². The highest BCUT2D eigenvalue weighted by Crippen LogP contribution is 2.19. The predicted molar refractivity (Wildman–Crippen MR) is 80.6 cm³/mol. The quantitative estimate of drug-likeness (QED) is 0.768. The van der Waals surface area contributed by atoms with E-state index in [0.29, 0.717) is 30.4 Å². The van der Waals surface area contributed by atoms with Gasteiger partial charge in [0.05, 0.1) is 17.6 Å². The van der Waals surface area contributed by atoms with E-state index in [-0.39, 0.29) is 5.91 Å². The first kappa shape index (κ1) is 17.0. The Bertz CT molecular complexity index is 413. The second-order valence-corrected chi connectivity index (χ2v) is 6.37. The highest BCUT2D eigenvalue weighted by atomic mass is 32.2. The second kappa shape index (κ2) is 8.32. The van der Waals surface area contributed by atoms with Crippen molar-refractivity contribution in [3.8, 4) is 0 Å². The van der Waals surface area contributed by atoms with Crippen molar-refractivity contribution in [3.63, 3.8) is 0 Å². The van der Waals surface area contributed by atoms with E-state index in [2.05, 4.69) is 10.5 Å². The number of carbonyl (C=O) groups is 1. The highest BCUT2D eigenvalue weighted by molar-refractivity contribution is 7.99. The first-order chi connectivity index (χ1) is 9.40. The summed E-state index contributed by atoms with van der Waals surface area (Å²) in [5.41, 5.74) is 1.94. The zero-order valence-electron chi connectivity index (χ0n) is 12.6. The summed E-state index contributed by atoms with van der Waals surface area (Å²) in [6, 6.07) is 0.